The van der Waals surface area contributed by atoms with E-state index in [-0.39, 0.29) is 18.1 Å². The molecule has 0 aromatic heterocycles. The number of alkyl halides is 1. The summed E-state index contributed by atoms with van der Waals surface area (Å²) in [6.45, 7) is 5.89. The first-order chi connectivity index (χ1) is 14.3. The first-order valence-corrected chi connectivity index (χ1v) is 11.0. The maximum Gasteiger partial charge on any atom is 0.303 e. The molecule has 0 aliphatic heterocycles. The molecule has 0 spiro atoms. The summed E-state index contributed by atoms with van der Waals surface area (Å²) in [5, 5.41) is 22.9. The molecule has 0 amide bonds. The minimum absolute atomic E-state index is 0.0953. The van der Waals surface area contributed by atoms with Crippen molar-refractivity contribution in [1.29, 1.82) is 0 Å². The Kier molecular flexibility index (Phi) is 4.91. The van der Waals surface area contributed by atoms with Gasteiger partial charge < -0.3 is 14.9 Å². The van der Waals surface area contributed by atoms with Gasteiger partial charge in [-0.1, -0.05) is 25.5 Å². The lowest BCUT2D eigenvalue weighted by molar-refractivity contribution is -0.219. The minimum atomic E-state index is -2.01. The van der Waals surface area contributed by atoms with E-state index in [0.29, 0.717) is 24.8 Å². The van der Waals surface area contributed by atoms with Crippen molar-refractivity contribution in [2.24, 2.45) is 28.6 Å². The quantitative estimate of drug-likeness (QED) is 0.662. The summed E-state index contributed by atoms with van der Waals surface area (Å²) in [5.74, 6) is -2.80. The number of rotatable bonds is 3. The monoisotopic (exact) mass is 434 g/mol. The number of carbonyl (C=O) groups is 3. The van der Waals surface area contributed by atoms with Crippen molar-refractivity contribution in [3.63, 3.8) is 0 Å². The van der Waals surface area contributed by atoms with Gasteiger partial charge in [-0.2, -0.15) is 0 Å². The largest absolute Gasteiger partial charge is 0.458 e. The smallest absolute Gasteiger partial charge is 0.303 e. The molecular weight excluding hydrogens is 403 g/mol. The SMILES string of the molecule is CC(=O)OCC(=O)[C@@]1(O)[C@H](C)C[C@@H]2[C@H]3CCC4=CC(=O)C=C[C@]4(C)[C@@]3(F)[C@H](O)C[C@@]21C. The molecule has 4 aliphatic carbocycles. The van der Waals surface area contributed by atoms with Gasteiger partial charge >= 0.3 is 5.97 Å². The van der Waals surface area contributed by atoms with E-state index in [4.69, 9.17) is 4.74 Å². The first-order valence-electron chi connectivity index (χ1n) is 11.0. The fourth-order valence-electron chi connectivity index (χ4n) is 7.42. The predicted molar refractivity (Wildman–Crippen MR) is 109 cm³/mol. The van der Waals surface area contributed by atoms with Crippen LogP contribution in [-0.2, 0) is 19.1 Å². The highest BCUT2D eigenvalue weighted by molar-refractivity contribution is 6.01. The predicted octanol–water partition coefficient (Wildman–Crippen LogP) is 2.47. The van der Waals surface area contributed by atoms with Crippen LogP contribution in [0, 0.1) is 28.6 Å². The lowest BCUT2D eigenvalue weighted by Gasteiger charge is -2.62. The number of carbonyl (C=O) groups excluding carboxylic acids is 3. The van der Waals surface area contributed by atoms with E-state index in [1.54, 1.807) is 26.8 Å². The van der Waals surface area contributed by atoms with Gasteiger partial charge in [0.1, 0.15) is 5.60 Å². The number of halogens is 1. The first kappa shape index (κ1) is 22.3. The summed E-state index contributed by atoms with van der Waals surface area (Å²) in [5.41, 5.74) is -5.33. The Hall–Kier alpha value is -1.86. The number of esters is 1. The van der Waals surface area contributed by atoms with Crippen LogP contribution in [0.4, 0.5) is 4.39 Å². The van der Waals surface area contributed by atoms with Crippen LogP contribution in [0.2, 0.25) is 0 Å². The highest BCUT2D eigenvalue weighted by atomic mass is 19.1. The Morgan fingerprint density at radius 1 is 1.29 bits per heavy atom. The number of allylic oxidation sites excluding steroid dienone is 4. The van der Waals surface area contributed by atoms with Crippen LogP contribution in [0.1, 0.15) is 53.4 Å². The molecule has 8 atom stereocenters. The molecule has 2 N–H and O–H groups in total. The van der Waals surface area contributed by atoms with Crippen molar-refractivity contribution in [1.82, 2.24) is 0 Å². The number of Topliss-reactive ketones (excluding diaryl/α,β-unsaturated/α-hetero) is 1. The van der Waals surface area contributed by atoms with Crippen LogP contribution in [0.5, 0.6) is 0 Å². The average molecular weight is 435 g/mol. The molecular formula is C24H31FO6. The van der Waals surface area contributed by atoms with Gasteiger partial charge in [0.15, 0.2) is 18.1 Å². The van der Waals surface area contributed by atoms with Crippen molar-refractivity contribution in [2.45, 2.75) is 70.8 Å². The zero-order valence-corrected chi connectivity index (χ0v) is 18.5. The fourth-order valence-corrected chi connectivity index (χ4v) is 7.42. The van der Waals surface area contributed by atoms with Gasteiger partial charge in [0.25, 0.3) is 0 Å². The van der Waals surface area contributed by atoms with Crippen molar-refractivity contribution in [3.05, 3.63) is 23.8 Å². The van der Waals surface area contributed by atoms with Crippen LogP contribution in [0.25, 0.3) is 0 Å². The second-order valence-corrected chi connectivity index (χ2v) is 10.4. The lowest BCUT2D eigenvalue weighted by atomic mass is 9.44. The molecule has 3 saturated carbocycles. The molecule has 0 radical (unpaired) electrons. The summed E-state index contributed by atoms with van der Waals surface area (Å²) in [7, 11) is 0. The Bertz CT molecular complexity index is 910. The zero-order valence-electron chi connectivity index (χ0n) is 18.5. The van der Waals surface area contributed by atoms with Gasteiger partial charge in [-0.15, -0.1) is 0 Å². The maximum absolute atomic E-state index is 17.0. The molecule has 0 bridgehead atoms. The van der Waals surface area contributed by atoms with E-state index >= 15 is 4.39 Å². The Balaban J connectivity index is 1.76. The molecule has 0 unspecified atom stereocenters. The second kappa shape index (κ2) is 6.82. The van der Waals surface area contributed by atoms with Gasteiger partial charge in [-0.05, 0) is 56.6 Å². The number of ether oxygens (including phenoxy) is 1. The molecule has 4 aliphatic rings. The Morgan fingerprint density at radius 2 is 1.97 bits per heavy atom. The normalized spacial score (nSPS) is 48.4. The van der Waals surface area contributed by atoms with E-state index in [1.807, 2.05) is 0 Å². The number of hydrogen-bond donors (Lipinski definition) is 2. The summed E-state index contributed by atoms with van der Waals surface area (Å²) in [6, 6.07) is 0. The molecule has 31 heavy (non-hydrogen) atoms. The second-order valence-electron chi connectivity index (χ2n) is 10.4. The molecule has 6 nitrogen and oxygen atoms in total. The van der Waals surface area contributed by atoms with Crippen LogP contribution in [0.3, 0.4) is 0 Å². The maximum atomic E-state index is 17.0. The van der Waals surface area contributed by atoms with Crippen LogP contribution >= 0.6 is 0 Å². The van der Waals surface area contributed by atoms with Gasteiger partial charge in [0.05, 0.1) is 6.10 Å². The number of aliphatic hydroxyl groups is 2. The average Bonchev–Trinajstić information content (AvgIpc) is 2.89. The van der Waals surface area contributed by atoms with Crippen molar-refractivity contribution in [3.8, 4) is 0 Å². The molecule has 0 aromatic carbocycles. The third kappa shape index (κ3) is 2.65. The van der Waals surface area contributed by atoms with Crippen LogP contribution < -0.4 is 0 Å². The molecule has 4 rings (SSSR count). The van der Waals surface area contributed by atoms with Crippen molar-refractivity contribution in [2.75, 3.05) is 6.61 Å². The van der Waals surface area contributed by atoms with Crippen molar-refractivity contribution < 1.29 is 33.7 Å². The highest BCUT2D eigenvalue weighted by Gasteiger charge is 2.75. The van der Waals surface area contributed by atoms with Crippen LogP contribution in [-0.4, -0.2) is 51.7 Å². The van der Waals surface area contributed by atoms with E-state index in [2.05, 4.69) is 0 Å². The summed E-state index contributed by atoms with van der Waals surface area (Å²) in [6.07, 6.45) is 4.29. The zero-order chi connectivity index (χ0) is 23.0. The summed E-state index contributed by atoms with van der Waals surface area (Å²) >= 11 is 0. The van der Waals surface area contributed by atoms with Gasteiger partial charge in [0.2, 0.25) is 5.78 Å². The molecule has 0 aromatic rings. The molecule has 7 heteroatoms. The summed E-state index contributed by atoms with van der Waals surface area (Å²) < 4.78 is 21.9. The molecule has 0 saturated heterocycles. The standard InChI is InChI=1S/C24H31FO6/c1-13-9-18-17-6-5-15-10-16(27)7-8-21(15,3)23(17,25)19(28)11-22(18,4)24(13,30)20(29)12-31-14(2)26/h7-8,10,13,17-19,28,30H,5-6,9,11-12H2,1-4H3/t13-,17-,18-,19-,21+,22+,23+,24+/m1/s1. The number of ketones is 2. The third-order valence-electron chi connectivity index (χ3n) is 9.05. The molecule has 0 heterocycles. The van der Waals surface area contributed by atoms with Crippen molar-refractivity contribution >= 4 is 17.5 Å². The Labute approximate surface area is 181 Å². The van der Waals surface area contributed by atoms with Gasteiger partial charge in [-0.3, -0.25) is 14.4 Å². The van der Waals surface area contributed by atoms with E-state index in [1.165, 1.54) is 19.1 Å². The lowest BCUT2D eigenvalue weighted by Crippen LogP contribution is -2.69. The molecule has 3 fully saturated rings. The number of fused-ring (bicyclic) bond motifs is 5. The van der Waals surface area contributed by atoms with Crippen LogP contribution in [0.15, 0.2) is 23.8 Å². The summed E-state index contributed by atoms with van der Waals surface area (Å²) in [4.78, 5) is 36.2. The van der Waals surface area contributed by atoms with E-state index in [9.17, 15) is 24.6 Å². The topological polar surface area (TPSA) is 101 Å². The number of hydrogen-bond acceptors (Lipinski definition) is 6. The number of aliphatic hydroxyl groups excluding tert-OH is 1. The third-order valence-corrected chi connectivity index (χ3v) is 9.05. The van der Waals surface area contributed by atoms with E-state index in [0.717, 1.165) is 0 Å². The Morgan fingerprint density at radius 3 is 2.61 bits per heavy atom. The van der Waals surface area contributed by atoms with Gasteiger partial charge in [-0.25, -0.2) is 4.39 Å². The minimum Gasteiger partial charge on any atom is -0.458 e. The molecule has 170 valence electrons. The highest BCUT2D eigenvalue weighted by Crippen LogP contribution is 2.70. The van der Waals surface area contributed by atoms with Gasteiger partial charge in [0, 0.05) is 23.7 Å². The fraction of sp³-hybridized carbons (Fsp3) is 0.708. The van der Waals surface area contributed by atoms with E-state index < -0.39 is 58.4 Å².